The van der Waals surface area contributed by atoms with Gasteiger partial charge in [-0.05, 0) is 25.3 Å². The minimum atomic E-state index is 0.722. The van der Waals surface area contributed by atoms with E-state index in [0.717, 1.165) is 43.5 Å². The van der Waals surface area contributed by atoms with Gasteiger partial charge in [0, 0.05) is 19.4 Å². The summed E-state index contributed by atoms with van der Waals surface area (Å²) in [4.78, 5) is 4.29. The molecule has 0 aromatic carbocycles. The van der Waals surface area contributed by atoms with Gasteiger partial charge in [0.2, 0.25) is 0 Å². The van der Waals surface area contributed by atoms with Gasteiger partial charge >= 0.3 is 0 Å². The fourth-order valence-corrected chi connectivity index (χ4v) is 1.51. The molecule has 0 saturated heterocycles. The topological polar surface area (TPSA) is 38.1 Å². The summed E-state index contributed by atoms with van der Waals surface area (Å²) in [5, 5.41) is 3.34. The van der Waals surface area contributed by atoms with Gasteiger partial charge in [-0.1, -0.05) is 20.8 Å². The summed E-state index contributed by atoms with van der Waals surface area (Å²) in [6.07, 6.45) is 6.11. The molecular formula is C13H24N2O. The van der Waals surface area contributed by atoms with E-state index < -0.39 is 0 Å². The highest BCUT2D eigenvalue weighted by molar-refractivity contribution is 4.94. The first-order valence-electron chi connectivity index (χ1n) is 6.36. The van der Waals surface area contributed by atoms with Crippen LogP contribution in [0.4, 0.5) is 0 Å². The minimum Gasteiger partial charge on any atom is -0.446 e. The van der Waals surface area contributed by atoms with Crippen molar-refractivity contribution < 1.29 is 4.42 Å². The van der Waals surface area contributed by atoms with E-state index in [2.05, 4.69) is 31.1 Å². The molecule has 0 aliphatic heterocycles. The Morgan fingerprint density at radius 1 is 1.31 bits per heavy atom. The molecule has 0 atom stereocenters. The molecule has 1 heterocycles. The van der Waals surface area contributed by atoms with Gasteiger partial charge in [0.05, 0.1) is 6.20 Å². The van der Waals surface area contributed by atoms with Crippen molar-refractivity contribution in [3.63, 3.8) is 0 Å². The predicted octanol–water partition coefficient (Wildman–Crippen LogP) is 2.81. The largest absolute Gasteiger partial charge is 0.446 e. The summed E-state index contributed by atoms with van der Waals surface area (Å²) >= 11 is 0. The SMILES string of the molecule is CCCNCCc1ncc(CCC(C)C)o1. The van der Waals surface area contributed by atoms with Crippen LogP contribution in [0, 0.1) is 5.92 Å². The number of nitrogens with zero attached hydrogens (tertiary/aromatic N) is 1. The van der Waals surface area contributed by atoms with E-state index in [0.29, 0.717) is 0 Å². The first-order valence-corrected chi connectivity index (χ1v) is 6.36. The summed E-state index contributed by atoms with van der Waals surface area (Å²) in [7, 11) is 0. The van der Waals surface area contributed by atoms with Crippen LogP contribution in [0.3, 0.4) is 0 Å². The summed E-state index contributed by atoms with van der Waals surface area (Å²) in [5.74, 6) is 2.61. The van der Waals surface area contributed by atoms with Crippen LogP contribution in [0.5, 0.6) is 0 Å². The summed E-state index contributed by atoms with van der Waals surface area (Å²) in [6.45, 7) is 8.65. The molecule has 1 aromatic heterocycles. The zero-order chi connectivity index (χ0) is 11.8. The average molecular weight is 224 g/mol. The number of nitrogens with one attached hydrogen (secondary N) is 1. The Bertz CT molecular complexity index is 281. The van der Waals surface area contributed by atoms with E-state index in [1.54, 1.807) is 0 Å². The molecular weight excluding hydrogens is 200 g/mol. The van der Waals surface area contributed by atoms with Gasteiger partial charge in [-0.15, -0.1) is 0 Å². The Labute approximate surface area is 98.6 Å². The predicted molar refractivity (Wildman–Crippen MR) is 66.5 cm³/mol. The molecule has 16 heavy (non-hydrogen) atoms. The van der Waals surface area contributed by atoms with Crippen molar-refractivity contribution in [2.75, 3.05) is 13.1 Å². The second-order valence-corrected chi connectivity index (χ2v) is 4.65. The molecule has 0 aliphatic carbocycles. The first kappa shape index (κ1) is 13.2. The second-order valence-electron chi connectivity index (χ2n) is 4.65. The molecule has 1 rings (SSSR count). The highest BCUT2D eigenvalue weighted by Gasteiger charge is 2.04. The van der Waals surface area contributed by atoms with E-state index in [-0.39, 0.29) is 0 Å². The zero-order valence-electron chi connectivity index (χ0n) is 10.8. The van der Waals surface area contributed by atoms with Crippen LogP contribution in [0.25, 0.3) is 0 Å². The number of aromatic nitrogens is 1. The number of rotatable bonds is 8. The van der Waals surface area contributed by atoms with Gasteiger partial charge in [0.25, 0.3) is 0 Å². The van der Waals surface area contributed by atoms with Gasteiger partial charge in [-0.25, -0.2) is 4.98 Å². The Morgan fingerprint density at radius 3 is 2.81 bits per heavy atom. The Morgan fingerprint density at radius 2 is 2.12 bits per heavy atom. The fourth-order valence-electron chi connectivity index (χ4n) is 1.51. The third kappa shape index (κ3) is 5.31. The number of hydrogen-bond acceptors (Lipinski definition) is 3. The monoisotopic (exact) mass is 224 g/mol. The molecule has 0 radical (unpaired) electrons. The van der Waals surface area contributed by atoms with E-state index in [1.807, 2.05) is 6.20 Å². The van der Waals surface area contributed by atoms with Crippen molar-refractivity contribution in [3.8, 4) is 0 Å². The maximum Gasteiger partial charge on any atom is 0.195 e. The van der Waals surface area contributed by atoms with E-state index in [9.17, 15) is 0 Å². The van der Waals surface area contributed by atoms with Crippen molar-refractivity contribution in [3.05, 3.63) is 17.8 Å². The molecule has 1 aromatic rings. The lowest BCUT2D eigenvalue weighted by Gasteiger charge is -2.01. The molecule has 0 bridgehead atoms. The standard InChI is InChI=1S/C13H24N2O/c1-4-8-14-9-7-13-15-10-12(16-13)6-5-11(2)3/h10-11,14H,4-9H2,1-3H3. The van der Waals surface area contributed by atoms with Crippen LogP contribution in [-0.2, 0) is 12.8 Å². The first-order chi connectivity index (χ1) is 7.72. The molecule has 1 N–H and O–H groups in total. The lowest BCUT2D eigenvalue weighted by Crippen LogP contribution is -2.17. The summed E-state index contributed by atoms with van der Waals surface area (Å²) < 4.78 is 5.66. The van der Waals surface area contributed by atoms with Gasteiger partial charge in [0.15, 0.2) is 5.89 Å². The van der Waals surface area contributed by atoms with E-state index in [1.165, 1.54) is 12.8 Å². The van der Waals surface area contributed by atoms with Crippen LogP contribution in [0.15, 0.2) is 10.6 Å². The molecule has 3 nitrogen and oxygen atoms in total. The van der Waals surface area contributed by atoms with Crippen molar-refractivity contribution in [2.24, 2.45) is 5.92 Å². The summed E-state index contributed by atoms with van der Waals surface area (Å²) in [6, 6.07) is 0. The van der Waals surface area contributed by atoms with Crippen LogP contribution in [0.2, 0.25) is 0 Å². The van der Waals surface area contributed by atoms with Crippen LogP contribution < -0.4 is 5.32 Å². The number of hydrogen-bond donors (Lipinski definition) is 1. The third-order valence-corrected chi connectivity index (χ3v) is 2.51. The third-order valence-electron chi connectivity index (χ3n) is 2.51. The quantitative estimate of drug-likeness (QED) is 0.690. The van der Waals surface area contributed by atoms with Gasteiger partial charge in [-0.3, -0.25) is 0 Å². The summed E-state index contributed by atoms with van der Waals surface area (Å²) in [5.41, 5.74) is 0. The lowest BCUT2D eigenvalue weighted by molar-refractivity contribution is 0.432. The molecule has 0 amide bonds. The van der Waals surface area contributed by atoms with E-state index >= 15 is 0 Å². The molecule has 0 saturated carbocycles. The Balaban J connectivity index is 2.22. The smallest absolute Gasteiger partial charge is 0.195 e. The fraction of sp³-hybridized carbons (Fsp3) is 0.769. The van der Waals surface area contributed by atoms with Crippen molar-refractivity contribution in [2.45, 2.75) is 46.5 Å². The Kier molecular flexibility index (Phi) is 6.16. The van der Waals surface area contributed by atoms with Gasteiger partial charge in [-0.2, -0.15) is 0 Å². The minimum absolute atomic E-state index is 0.722. The molecule has 92 valence electrons. The van der Waals surface area contributed by atoms with Gasteiger partial charge in [0.1, 0.15) is 5.76 Å². The normalized spacial score (nSPS) is 11.2. The maximum atomic E-state index is 5.66. The van der Waals surface area contributed by atoms with E-state index in [4.69, 9.17) is 4.42 Å². The Hall–Kier alpha value is -0.830. The zero-order valence-corrected chi connectivity index (χ0v) is 10.8. The molecule has 0 unspecified atom stereocenters. The number of oxazole rings is 1. The molecule has 0 spiro atoms. The maximum absolute atomic E-state index is 5.66. The van der Waals surface area contributed by atoms with Crippen LogP contribution in [0.1, 0.15) is 45.3 Å². The molecule has 0 fully saturated rings. The van der Waals surface area contributed by atoms with Gasteiger partial charge < -0.3 is 9.73 Å². The molecule has 3 heteroatoms. The lowest BCUT2D eigenvalue weighted by atomic mass is 10.1. The van der Waals surface area contributed by atoms with Crippen molar-refractivity contribution in [1.29, 1.82) is 0 Å². The highest BCUT2D eigenvalue weighted by Crippen LogP contribution is 2.10. The van der Waals surface area contributed by atoms with Crippen molar-refractivity contribution >= 4 is 0 Å². The second kappa shape index (κ2) is 7.44. The van der Waals surface area contributed by atoms with Crippen LogP contribution in [-0.4, -0.2) is 18.1 Å². The highest BCUT2D eigenvalue weighted by atomic mass is 16.4. The average Bonchev–Trinajstić information content (AvgIpc) is 2.70. The van der Waals surface area contributed by atoms with Crippen LogP contribution >= 0.6 is 0 Å². The van der Waals surface area contributed by atoms with Crippen molar-refractivity contribution in [1.82, 2.24) is 10.3 Å². The number of aryl methyl sites for hydroxylation is 1. The molecule has 0 aliphatic rings.